The summed E-state index contributed by atoms with van der Waals surface area (Å²) < 4.78 is 2.07. The second kappa shape index (κ2) is 3.87. The van der Waals surface area contributed by atoms with Gasteiger partial charge in [-0.25, -0.2) is 4.98 Å². The van der Waals surface area contributed by atoms with Crippen molar-refractivity contribution in [1.82, 2.24) is 9.55 Å². The van der Waals surface area contributed by atoms with Crippen LogP contribution in [-0.4, -0.2) is 14.7 Å². The summed E-state index contributed by atoms with van der Waals surface area (Å²) in [6.07, 6.45) is 1.72. The van der Waals surface area contributed by atoms with E-state index in [1.807, 2.05) is 26.0 Å². The molecular formula is C12H14N2O. The summed E-state index contributed by atoms with van der Waals surface area (Å²) in [7, 11) is 0. The fraction of sp³-hybridized carbons (Fsp3) is 0.250. The topological polar surface area (TPSA) is 38.0 Å². The third-order valence-electron chi connectivity index (χ3n) is 2.49. The first-order valence-corrected chi connectivity index (χ1v) is 4.93. The molecule has 1 N–H and O–H groups in total. The number of hydrogen-bond donors (Lipinski definition) is 1. The van der Waals surface area contributed by atoms with Gasteiger partial charge in [0.25, 0.3) is 0 Å². The SMILES string of the molecule is Cc1ccc(C)n1-c1cc(CO)ccn1. The Morgan fingerprint density at radius 2 is 1.87 bits per heavy atom. The number of nitrogens with zero attached hydrogens (tertiary/aromatic N) is 2. The molecule has 0 aliphatic rings. The molecule has 0 atom stereocenters. The summed E-state index contributed by atoms with van der Waals surface area (Å²) in [5, 5.41) is 9.06. The minimum absolute atomic E-state index is 0.0505. The molecule has 0 fully saturated rings. The quantitative estimate of drug-likeness (QED) is 0.808. The smallest absolute Gasteiger partial charge is 0.137 e. The Morgan fingerprint density at radius 3 is 2.47 bits per heavy atom. The largest absolute Gasteiger partial charge is 0.392 e. The van der Waals surface area contributed by atoms with Crippen molar-refractivity contribution in [3.63, 3.8) is 0 Å². The minimum atomic E-state index is 0.0505. The summed E-state index contributed by atoms with van der Waals surface area (Å²) in [6.45, 7) is 4.13. The van der Waals surface area contributed by atoms with Crippen molar-refractivity contribution in [2.75, 3.05) is 0 Å². The molecule has 3 heteroatoms. The van der Waals surface area contributed by atoms with E-state index >= 15 is 0 Å². The summed E-state index contributed by atoms with van der Waals surface area (Å²) in [6, 6.07) is 7.84. The van der Waals surface area contributed by atoms with Crippen molar-refractivity contribution >= 4 is 0 Å². The molecule has 0 aliphatic heterocycles. The number of aryl methyl sites for hydroxylation is 2. The van der Waals surface area contributed by atoms with Gasteiger partial charge >= 0.3 is 0 Å². The van der Waals surface area contributed by atoms with Crippen LogP contribution < -0.4 is 0 Å². The first-order chi connectivity index (χ1) is 7.22. The van der Waals surface area contributed by atoms with E-state index in [-0.39, 0.29) is 6.61 Å². The minimum Gasteiger partial charge on any atom is -0.392 e. The normalized spacial score (nSPS) is 10.6. The molecule has 0 aromatic carbocycles. The molecule has 0 unspecified atom stereocenters. The molecule has 2 aromatic rings. The van der Waals surface area contributed by atoms with Gasteiger partial charge in [-0.2, -0.15) is 0 Å². The van der Waals surface area contributed by atoms with Gasteiger partial charge in [-0.1, -0.05) is 0 Å². The van der Waals surface area contributed by atoms with Gasteiger partial charge in [-0.05, 0) is 43.7 Å². The molecule has 0 saturated carbocycles. The molecule has 3 nitrogen and oxygen atoms in total. The highest BCUT2D eigenvalue weighted by atomic mass is 16.3. The van der Waals surface area contributed by atoms with Gasteiger partial charge in [-0.3, -0.25) is 0 Å². The van der Waals surface area contributed by atoms with Crippen LogP contribution in [0.4, 0.5) is 0 Å². The average molecular weight is 202 g/mol. The van der Waals surface area contributed by atoms with Crippen LogP contribution in [0.2, 0.25) is 0 Å². The number of rotatable bonds is 2. The number of aromatic nitrogens is 2. The van der Waals surface area contributed by atoms with E-state index in [1.54, 1.807) is 6.20 Å². The van der Waals surface area contributed by atoms with Crippen molar-refractivity contribution in [2.45, 2.75) is 20.5 Å². The van der Waals surface area contributed by atoms with Crippen LogP contribution >= 0.6 is 0 Å². The second-order valence-electron chi connectivity index (χ2n) is 3.63. The van der Waals surface area contributed by atoms with Gasteiger partial charge in [0.2, 0.25) is 0 Å². The molecule has 2 aromatic heterocycles. The zero-order chi connectivity index (χ0) is 10.8. The highest BCUT2D eigenvalue weighted by molar-refractivity contribution is 5.33. The lowest BCUT2D eigenvalue weighted by molar-refractivity contribution is 0.281. The van der Waals surface area contributed by atoms with Crippen molar-refractivity contribution in [3.8, 4) is 5.82 Å². The fourth-order valence-electron chi connectivity index (χ4n) is 1.71. The van der Waals surface area contributed by atoms with Crippen LogP contribution in [-0.2, 0) is 6.61 Å². The number of aliphatic hydroxyl groups is 1. The first-order valence-electron chi connectivity index (χ1n) is 4.93. The average Bonchev–Trinajstić information content (AvgIpc) is 2.59. The molecule has 2 rings (SSSR count). The van der Waals surface area contributed by atoms with Gasteiger partial charge in [0.1, 0.15) is 5.82 Å². The zero-order valence-corrected chi connectivity index (χ0v) is 8.94. The van der Waals surface area contributed by atoms with Crippen LogP contribution in [0.3, 0.4) is 0 Å². The van der Waals surface area contributed by atoms with E-state index in [4.69, 9.17) is 5.11 Å². The predicted octanol–water partition coefficient (Wildman–Crippen LogP) is 1.98. The lowest BCUT2D eigenvalue weighted by Crippen LogP contribution is -2.02. The second-order valence-corrected chi connectivity index (χ2v) is 3.63. The molecule has 0 radical (unpaired) electrons. The number of hydrogen-bond acceptors (Lipinski definition) is 2. The molecule has 0 amide bonds. The van der Waals surface area contributed by atoms with Gasteiger partial charge in [0, 0.05) is 17.6 Å². The lowest BCUT2D eigenvalue weighted by Gasteiger charge is -2.08. The van der Waals surface area contributed by atoms with Gasteiger partial charge < -0.3 is 9.67 Å². The van der Waals surface area contributed by atoms with E-state index in [0.717, 1.165) is 22.8 Å². The van der Waals surface area contributed by atoms with Crippen LogP contribution in [0, 0.1) is 13.8 Å². The Morgan fingerprint density at radius 1 is 1.20 bits per heavy atom. The Hall–Kier alpha value is -1.61. The molecular weight excluding hydrogens is 188 g/mol. The summed E-state index contributed by atoms with van der Waals surface area (Å²) >= 11 is 0. The Balaban J connectivity index is 2.53. The van der Waals surface area contributed by atoms with Gasteiger partial charge in [-0.15, -0.1) is 0 Å². The molecule has 78 valence electrons. The lowest BCUT2D eigenvalue weighted by atomic mass is 10.3. The fourth-order valence-corrected chi connectivity index (χ4v) is 1.71. The molecule has 0 saturated heterocycles. The maximum Gasteiger partial charge on any atom is 0.137 e. The monoisotopic (exact) mass is 202 g/mol. The van der Waals surface area contributed by atoms with E-state index in [9.17, 15) is 0 Å². The van der Waals surface area contributed by atoms with Crippen molar-refractivity contribution in [3.05, 3.63) is 47.4 Å². The first kappa shape index (κ1) is 9.93. The molecule has 0 aliphatic carbocycles. The summed E-state index contributed by atoms with van der Waals surface area (Å²) in [5.41, 5.74) is 3.18. The molecule has 0 spiro atoms. The Labute approximate surface area is 89.0 Å². The van der Waals surface area contributed by atoms with E-state index in [1.165, 1.54) is 0 Å². The van der Waals surface area contributed by atoms with Crippen molar-refractivity contribution < 1.29 is 5.11 Å². The van der Waals surface area contributed by atoms with Crippen molar-refractivity contribution in [1.29, 1.82) is 0 Å². The maximum atomic E-state index is 9.06. The predicted molar refractivity (Wildman–Crippen MR) is 59.0 cm³/mol. The van der Waals surface area contributed by atoms with E-state index < -0.39 is 0 Å². The molecule has 15 heavy (non-hydrogen) atoms. The molecule has 2 heterocycles. The Bertz CT molecular complexity index is 455. The summed E-state index contributed by atoms with van der Waals surface area (Å²) in [4.78, 5) is 4.30. The van der Waals surface area contributed by atoms with E-state index in [0.29, 0.717) is 0 Å². The number of aliphatic hydroxyl groups excluding tert-OH is 1. The number of pyridine rings is 1. The van der Waals surface area contributed by atoms with Crippen LogP contribution in [0.25, 0.3) is 5.82 Å². The van der Waals surface area contributed by atoms with Gasteiger partial charge in [0.15, 0.2) is 0 Å². The highest BCUT2D eigenvalue weighted by Crippen LogP contribution is 2.15. The molecule has 0 bridgehead atoms. The van der Waals surface area contributed by atoms with Crippen LogP contribution in [0.15, 0.2) is 30.5 Å². The van der Waals surface area contributed by atoms with Crippen LogP contribution in [0.5, 0.6) is 0 Å². The zero-order valence-electron chi connectivity index (χ0n) is 8.94. The Kier molecular flexibility index (Phi) is 2.56. The highest BCUT2D eigenvalue weighted by Gasteiger charge is 2.05. The van der Waals surface area contributed by atoms with Gasteiger partial charge in [0.05, 0.1) is 6.61 Å². The summed E-state index contributed by atoms with van der Waals surface area (Å²) in [5.74, 6) is 0.863. The maximum absolute atomic E-state index is 9.06. The third-order valence-corrected chi connectivity index (χ3v) is 2.49. The standard InChI is InChI=1S/C12H14N2O/c1-9-3-4-10(2)14(9)12-7-11(8-15)5-6-13-12/h3-7,15H,8H2,1-2H3. The van der Waals surface area contributed by atoms with Crippen LogP contribution in [0.1, 0.15) is 17.0 Å². The van der Waals surface area contributed by atoms with Crippen molar-refractivity contribution in [2.24, 2.45) is 0 Å². The third kappa shape index (κ3) is 1.78. The van der Waals surface area contributed by atoms with E-state index in [2.05, 4.69) is 21.7 Å².